The number of rotatable bonds is 7. The maximum absolute atomic E-state index is 12.8. The fraction of sp³-hybridized carbons (Fsp3) is 0.308. The van der Waals surface area contributed by atoms with Gasteiger partial charge in [-0.25, -0.2) is 8.78 Å². The zero-order chi connectivity index (χ0) is 14.4. The summed E-state index contributed by atoms with van der Waals surface area (Å²) < 4.78 is 31.9. The lowest BCUT2D eigenvalue weighted by Gasteiger charge is -2.08. The summed E-state index contributed by atoms with van der Waals surface area (Å²) in [4.78, 5) is 0. The van der Waals surface area contributed by atoms with E-state index in [1.54, 1.807) is 12.3 Å². The number of benzene rings is 1. The average Bonchev–Trinajstić information content (AvgIpc) is 2.85. The molecule has 1 aromatic carbocycles. The summed E-state index contributed by atoms with van der Waals surface area (Å²) in [6.45, 7) is 0.637. The molecule has 2 aromatic rings. The SMILES string of the molecule is FCCn1ccc(NCCOc2ccc(F)cc2Cl)n1. The summed E-state index contributed by atoms with van der Waals surface area (Å²) in [5.41, 5.74) is 0. The molecule has 108 valence electrons. The summed E-state index contributed by atoms with van der Waals surface area (Å²) in [7, 11) is 0. The molecule has 0 radical (unpaired) electrons. The van der Waals surface area contributed by atoms with Crippen molar-refractivity contribution >= 4 is 17.4 Å². The van der Waals surface area contributed by atoms with Crippen molar-refractivity contribution in [2.45, 2.75) is 6.54 Å². The Bertz CT molecular complexity index is 562. The van der Waals surface area contributed by atoms with Crippen LogP contribution in [0.15, 0.2) is 30.5 Å². The van der Waals surface area contributed by atoms with Crippen molar-refractivity contribution < 1.29 is 13.5 Å². The maximum atomic E-state index is 12.8. The van der Waals surface area contributed by atoms with E-state index in [9.17, 15) is 8.78 Å². The molecular formula is C13H14ClF2N3O. The van der Waals surface area contributed by atoms with Crippen LogP contribution in [0, 0.1) is 5.82 Å². The summed E-state index contributed by atoms with van der Waals surface area (Å²) >= 11 is 5.83. The topological polar surface area (TPSA) is 39.1 Å². The van der Waals surface area contributed by atoms with Crippen LogP contribution in [0.1, 0.15) is 0 Å². The second-order valence-electron chi connectivity index (χ2n) is 4.00. The van der Waals surface area contributed by atoms with Crippen molar-refractivity contribution in [2.24, 2.45) is 0 Å². The molecule has 0 spiro atoms. The summed E-state index contributed by atoms with van der Waals surface area (Å²) in [6.07, 6.45) is 1.69. The lowest BCUT2D eigenvalue weighted by molar-refractivity contribution is 0.332. The van der Waals surface area contributed by atoms with Crippen molar-refractivity contribution in [3.8, 4) is 5.75 Å². The van der Waals surface area contributed by atoms with Gasteiger partial charge in [0.25, 0.3) is 0 Å². The number of hydrogen-bond acceptors (Lipinski definition) is 3. The number of nitrogens with one attached hydrogen (secondary N) is 1. The third-order valence-electron chi connectivity index (χ3n) is 2.51. The first-order valence-corrected chi connectivity index (χ1v) is 6.48. The first kappa shape index (κ1) is 14.6. The number of alkyl halides is 1. The van der Waals surface area contributed by atoms with Gasteiger partial charge in [0.15, 0.2) is 0 Å². The molecule has 0 atom stereocenters. The van der Waals surface area contributed by atoms with Crippen LogP contribution in [0.5, 0.6) is 5.75 Å². The predicted octanol–water partition coefficient (Wildman–Crippen LogP) is 3.14. The number of aromatic nitrogens is 2. The molecule has 0 unspecified atom stereocenters. The van der Waals surface area contributed by atoms with E-state index in [1.807, 2.05) is 0 Å². The van der Waals surface area contributed by atoms with Crippen LogP contribution in [-0.2, 0) is 6.54 Å². The van der Waals surface area contributed by atoms with Crippen LogP contribution in [0.3, 0.4) is 0 Å². The Balaban J connectivity index is 1.75. The standard InChI is InChI=1S/C13H14ClF2N3O/c14-11-9-10(16)1-2-12(11)20-8-5-17-13-3-6-19(18-13)7-4-15/h1-3,6,9H,4-5,7-8H2,(H,17,18). The Morgan fingerprint density at radius 3 is 2.95 bits per heavy atom. The minimum absolute atomic E-state index is 0.234. The molecule has 1 heterocycles. The third kappa shape index (κ3) is 4.09. The van der Waals surface area contributed by atoms with Gasteiger partial charge in [0.05, 0.1) is 18.1 Å². The maximum Gasteiger partial charge on any atom is 0.148 e. The van der Waals surface area contributed by atoms with Crippen molar-refractivity contribution in [1.29, 1.82) is 0 Å². The number of halogens is 3. The molecule has 0 saturated heterocycles. The van der Waals surface area contributed by atoms with Gasteiger partial charge in [-0.1, -0.05) is 11.6 Å². The highest BCUT2D eigenvalue weighted by Crippen LogP contribution is 2.24. The lowest BCUT2D eigenvalue weighted by Crippen LogP contribution is -2.12. The molecule has 0 saturated carbocycles. The molecule has 20 heavy (non-hydrogen) atoms. The van der Waals surface area contributed by atoms with Gasteiger partial charge in [0.2, 0.25) is 0 Å². The van der Waals surface area contributed by atoms with Crippen molar-refractivity contribution in [2.75, 3.05) is 25.1 Å². The zero-order valence-corrected chi connectivity index (χ0v) is 11.4. The molecule has 1 N–H and O–H groups in total. The second-order valence-corrected chi connectivity index (χ2v) is 4.41. The Labute approximate surface area is 120 Å². The molecule has 0 bridgehead atoms. The number of aryl methyl sites for hydroxylation is 1. The van der Waals surface area contributed by atoms with E-state index in [0.29, 0.717) is 24.7 Å². The van der Waals surface area contributed by atoms with Crippen LogP contribution in [0.4, 0.5) is 14.6 Å². The largest absolute Gasteiger partial charge is 0.490 e. The third-order valence-corrected chi connectivity index (χ3v) is 2.81. The minimum atomic E-state index is -0.451. The number of ether oxygens (including phenoxy) is 1. The lowest BCUT2D eigenvalue weighted by atomic mass is 10.3. The van der Waals surface area contributed by atoms with Crippen LogP contribution in [0.2, 0.25) is 5.02 Å². The molecule has 2 rings (SSSR count). The number of anilines is 1. The second kappa shape index (κ2) is 7.09. The van der Waals surface area contributed by atoms with E-state index < -0.39 is 12.5 Å². The highest BCUT2D eigenvalue weighted by molar-refractivity contribution is 6.32. The highest BCUT2D eigenvalue weighted by atomic mass is 35.5. The number of nitrogens with zero attached hydrogens (tertiary/aromatic N) is 2. The van der Waals surface area contributed by atoms with Gasteiger partial charge in [-0.05, 0) is 18.2 Å². The minimum Gasteiger partial charge on any atom is -0.490 e. The Morgan fingerprint density at radius 1 is 1.35 bits per heavy atom. The first-order chi connectivity index (χ1) is 9.69. The molecule has 0 amide bonds. The van der Waals surface area contributed by atoms with Gasteiger partial charge in [0, 0.05) is 12.3 Å². The van der Waals surface area contributed by atoms with Crippen LogP contribution in [-0.4, -0.2) is 29.6 Å². The van der Waals surface area contributed by atoms with E-state index in [4.69, 9.17) is 16.3 Å². The Morgan fingerprint density at radius 2 is 2.20 bits per heavy atom. The number of hydrogen-bond donors (Lipinski definition) is 1. The monoisotopic (exact) mass is 301 g/mol. The van der Waals surface area contributed by atoms with Gasteiger partial charge in [-0.2, -0.15) is 5.10 Å². The zero-order valence-electron chi connectivity index (χ0n) is 10.7. The molecule has 4 nitrogen and oxygen atoms in total. The molecule has 0 aliphatic carbocycles. The fourth-order valence-electron chi connectivity index (χ4n) is 1.60. The van der Waals surface area contributed by atoms with Gasteiger partial charge in [0.1, 0.15) is 30.7 Å². The molecule has 0 aliphatic heterocycles. The van der Waals surface area contributed by atoms with Gasteiger partial charge < -0.3 is 10.1 Å². The van der Waals surface area contributed by atoms with E-state index >= 15 is 0 Å². The van der Waals surface area contributed by atoms with Crippen LogP contribution < -0.4 is 10.1 Å². The van der Waals surface area contributed by atoms with Gasteiger partial charge in [-0.15, -0.1) is 0 Å². The van der Waals surface area contributed by atoms with Crippen molar-refractivity contribution in [1.82, 2.24) is 9.78 Å². The predicted molar refractivity (Wildman–Crippen MR) is 73.6 cm³/mol. The van der Waals surface area contributed by atoms with Crippen LogP contribution >= 0.6 is 11.6 Å². The Kier molecular flexibility index (Phi) is 5.17. The first-order valence-electron chi connectivity index (χ1n) is 6.10. The quantitative estimate of drug-likeness (QED) is 0.799. The van der Waals surface area contributed by atoms with E-state index in [1.165, 1.54) is 22.9 Å². The smallest absolute Gasteiger partial charge is 0.148 e. The van der Waals surface area contributed by atoms with E-state index in [2.05, 4.69) is 10.4 Å². The van der Waals surface area contributed by atoms with E-state index in [-0.39, 0.29) is 11.6 Å². The van der Waals surface area contributed by atoms with Crippen molar-refractivity contribution in [3.63, 3.8) is 0 Å². The van der Waals surface area contributed by atoms with Crippen molar-refractivity contribution in [3.05, 3.63) is 41.3 Å². The molecular weight excluding hydrogens is 288 g/mol. The summed E-state index contributed by atoms with van der Waals surface area (Å²) in [5.74, 6) is 0.670. The Hall–Kier alpha value is -1.82. The summed E-state index contributed by atoms with van der Waals surface area (Å²) in [6, 6.07) is 5.71. The molecule has 1 aromatic heterocycles. The van der Waals surface area contributed by atoms with Gasteiger partial charge in [-0.3, -0.25) is 4.68 Å². The molecule has 0 fully saturated rings. The van der Waals surface area contributed by atoms with Gasteiger partial charge >= 0.3 is 0 Å². The fourth-order valence-corrected chi connectivity index (χ4v) is 1.82. The van der Waals surface area contributed by atoms with E-state index in [0.717, 1.165) is 0 Å². The molecule has 0 aliphatic rings. The molecule has 7 heteroatoms. The highest BCUT2D eigenvalue weighted by Gasteiger charge is 2.03. The average molecular weight is 302 g/mol. The normalized spacial score (nSPS) is 10.6. The van der Waals surface area contributed by atoms with Crippen LogP contribution in [0.25, 0.3) is 0 Å². The summed E-state index contributed by atoms with van der Waals surface area (Å²) in [5, 5.41) is 7.37.